The molecular weight excluding hydrogens is 461 g/mol. The Balaban J connectivity index is 0.00000208. The number of sulfone groups is 1. The van der Waals surface area contributed by atoms with Gasteiger partial charge in [0.1, 0.15) is 0 Å². The van der Waals surface area contributed by atoms with Crippen molar-refractivity contribution in [3.63, 3.8) is 0 Å². The molecule has 2 aliphatic rings. The number of halogens is 2. The first-order valence-corrected chi connectivity index (χ1v) is 10.2. The summed E-state index contributed by atoms with van der Waals surface area (Å²) in [4.78, 5) is 4.60. The van der Waals surface area contributed by atoms with Crippen molar-refractivity contribution >= 4 is 51.4 Å². The Morgan fingerprint density at radius 2 is 2.08 bits per heavy atom. The molecule has 0 bridgehead atoms. The molecule has 0 amide bonds. The van der Waals surface area contributed by atoms with E-state index in [0.717, 1.165) is 30.8 Å². The minimum atomic E-state index is -2.83. The van der Waals surface area contributed by atoms with Crippen LogP contribution in [0.1, 0.15) is 24.8 Å². The molecule has 1 unspecified atom stereocenters. The van der Waals surface area contributed by atoms with Crippen molar-refractivity contribution in [1.82, 2.24) is 10.6 Å². The first-order valence-electron chi connectivity index (χ1n) is 8.00. The van der Waals surface area contributed by atoms with Gasteiger partial charge in [-0.2, -0.15) is 0 Å². The molecule has 1 atom stereocenters. The van der Waals surface area contributed by atoms with Gasteiger partial charge in [-0.05, 0) is 42.9 Å². The number of hydrogen-bond donors (Lipinski definition) is 2. The van der Waals surface area contributed by atoms with Gasteiger partial charge in [0, 0.05) is 17.6 Å². The zero-order valence-corrected chi connectivity index (χ0v) is 17.3. The van der Waals surface area contributed by atoms with Gasteiger partial charge in [-0.25, -0.2) is 13.4 Å². The fourth-order valence-corrected chi connectivity index (χ4v) is 4.73. The summed E-state index contributed by atoms with van der Waals surface area (Å²) >= 11 is 5.99. The molecule has 1 aliphatic carbocycles. The molecule has 2 fully saturated rings. The second-order valence-corrected chi connectivity index (χ2v) is 9.03. The van der Waals surface area contributed by atoms with Gasteiger partial charge in [0.2, 0.25) is 0 Å². The van der Waals surface area contributed by atoms with Gasteiger partial charge in [0.05, 0.1) is 18.1 Å². The summed E-state index contributed by atoms with van der Waals surface area (Å²) in [5.74, 6) is 1.53. The van der Waals surface area contributed by atoms with Crippen molar-refractivity contribution in [2.24, 2.45) is 10.9 Å². The van der Waals surface area contributed by atoms with Gasteiger partial charge in [-0.15, -0.1) is 24.0 Å². The maximum Gasteiger partial charge on any atom is 0.191 e. The molecular formula is C16H23ClIN3O2S. The largest absolute Gasteiger partial charge is 0.356 e. The Kier molecular flexibility index (Phi) is 7.18. The monoisotopic (exact) mass is 483 g/mol. The van der Waals surface area contributed by atoms with E-state index in [4.69, 9.17) is 11.6 Å². The summed E-state index contributed by atoms with van der Waals surface area (Å²) in [6.07, 6.45) is 3.06. The molecule has 1 saturated carbocycles. The third-order valence-electron chi connectivity index (χ3n) is 4.11. The van der Waals surface area contributed by atoms with Crippen molar-refractivity contribution in [3.8, 4) is 0 Å². The summed E-state index contributed by atoms with van der Waals surface area (Å²) in [7, 11) is -2.83. The van der Waals surface area contributed by atoms with E-state index in [2.05, 4.69) is 15.6 Å². The van der Waals surface area contributed by atoms with Gasteiger partial charge in [-0.1, -0.05) is 23.7 Å². The smallest absolute Gasteiger partial charge is 0.191 e. The molecule has 8 heteroatoms. The van der Waals surface area contributed by atoms with Crippen LogP contribution in [0.15, 0.2) is 29.3 Å². The number of nitrogens with zero attached hydrogens (tertiary/aromatic N) is 1. The third kappa shape index (κ3) is 6.40. The zero-order valence-electron chi connectivity index (χ0n) is 13.4. The Morgan fingerprint density at radius 3 is 2.71 bits per heavy atom. The van der Waals surface area contributed by atoms with Crippen LogP contribution in [0.5, 0.6) is 0 Å². The van der Waals surface area contributed by atoms with E-state index in [1.165, 1.54) is 0 Å². The Labute approximate surface area is 165 Å². The SMILES string of the molecule is I.O=S1(=O)CCC(CNC(=NCc2cccc(Cl)c2)NC2CC2)C1. The maximum absolute atomic E-state index is 11.5. The van der Waals surface area contributed by atoms with Crippen LogP contribution in [0.3, 0.4) is 0 Å². The molecule has 0 radical (unpaired) electrons. The Hall–Kier alpha value is -0.540. The molecule has 1 saturated heterocycles. The van der Waals surface area contributed by atoms with Crippen molar-refractivity contribution in [2.45, 2.75) is 31.8 Å². The number of rotatable bonds is 5. The van der Waals surface area contributed by atoms with Crippen LogP contribution in [0.25, 0.3) is 0 Å². The molecule has 134 valence electrons. The molecule has 3 rings (SSSR count). The van der Waals surface area contributed by atoms with Gasteiger partial charge < -0.3 is 10.6 Å². The van der Waals surface area contributed by atoms with E-state index in [0.29, 0.717) is 29.9 Å². The predicted molar refractivity (Wildman–Crippen MR) is 109 cm³/mol. The van der Waals surface area contributed by atoms with Gasteiger partial charge in [0.15, 0.2) is 15.8 Å². The number of guanidine groups is 1. The number of nitrogens with one attached hydrogen (secondary N) is 2. The highest BCUT2D eigenvalue weighted by atomic mass is 127. The van der Waals surface area contributed by atoms with E-state index >= 15 is 0 Å². The summed E-state index contributed by atoms with van der Waals surface area (Å²) in [6.45, 7) is 1.19. The second kappa shape index (κ2) is 8.71. The molecule has 0 spiro atoms. The van der Waals surface area contributed by atoms with Crippen LogP contribution in [0.4, 0.5) is 0 Å². The second-order valence-electron chi connectivity index (χ2n) is 6.36. The van der Waals surface area contributed by atoms with E-state index in [1.807, 2.05) is 24.3 Å². The highest BCUT2D eigenvalue weighted by Gasteiger charge is 2.28. The van der Waals surface area contributed by atoms with Crippen molar-refractivity contribution < 1.29 is 8.42 Å². The fourth-order valence-electron chi connectivity index (χ4n) is 2.65. The molecule has 1 aromatic rings. The van der Waals surface area contributed by atoms with Crippen LogP contribution >= 0.6 is 35.6 Å². The first kappa shape index (κ1) is 19.8. The predicted octanol–water partition coefficient (Wildman–Crippen LogP) is 2.59. The molecule has 24 heavy (non-hydrogen) atoms. The summed E-state index contributed by atoms with van der Waals surface area (Å²) in [6, 6.07) is 8.15. The number of benzene rings is 1. The van der Waals surface area contributed by atoms with E-state index < -0.39 is 9.84 Å². The molecule has 5 nitrogen and oxygen atoms in total. The average Bonchev–Trinajstić information content (AvgIpc) is 3.24. The van der Waals surface area contributed by atoms with Crippen molar-refractivity contribution in [1.29, 1.82) is 0 Å². The van der Waals surface area contributed by atoms with E-state index in [-0.39, 0.29) is 35.6 Å². The minimum Gasteiger partial charge on any atom is -0.356 e. The first-order chi connectivity index (χ1) is 11.0. The van der Waals surface area contributed by atoms with Crippen LogP contribution in [0.2, 0.25) is 5.02 Å². The molecule has 1 aliphatic heterocycles. The summed E-state index contributed by atoms with van der Waals surface area (Å²) < 4.78 is 23.1. The summed E-state index contributed by atoms with van der Waals surface area (Å²) in [5, 5.41) is 7.38. The van der Waals surface area contributed by atoms with Crippen molar-refractivity contribution in [3.05, 3.63) is 34.9 Å². The number of hydrogen-bond acceptors (Lipinski definition) is 3. The summed E-state index contributed by atoms with van der Waals surface area (Å²) in [5.41, 5.74) is 1.05. The Bertz CT molecular complexity index is 692. The lowest BCUT2D eigenvalue weighted by Crippen LogP contribution is -2.41. The molecule has 1 heterocycles. The van der Waals surface area contributed by atoms with Crippen LogP contribution < -0.4 is 10.6 Å². The number of aliphatic imine (C=N–C) groups is 1. The lowest BCUT2D eigenvalue weighted by atomic mass is 10.1. The maximum atomic E-state index is 11.5. The minimum absolute atomic E-state index is 0. The van der Waals surface area contributed by atoms with Gasteiger partial charge >= 0.3 is 0 Å². The standard InChI is InChI=1S/C16H22ClN3O2S.HI/c17-14-3-1-2-12(8-14)9-18-16(20-15-4-5-15)19-10-13-6-7-23(21,22)11-13;/h1-3,8,13,15H,4-7,9-11H2,(H2,18,19,20);1H. The lowest BCUT2D eigenvalue weighted by Gasteiger charge is -2.15. The normalized spacial score (nSPS) is 22.7. The third-order valence-corrected chi connectivity index (χ3v) is 6.18. The molecule has 2 N–H and O–H groups in total. The van der Waals surface area contributed by atoms with Gasteiger partial charge in [0.25, 0.3) is 0 Å². The Morgan fingerprint density at radius 1 is 1.29 bits per heavy atom. The van der Waals surface area contributed by atoms with Crippen LogP contribution in [-0.4, -0.2) is 38.5 Å². The average molecular weight is 484 g/mol. The van der Waals surface area contributed by atoms with E-state index in [1.54, 1.807) is 0 Å². The van der Waals surface area contributed by atoms with Gasteiger partial charge in [-0.3, -0.25) is 0 Å². The van der Waals surface area contributed by atoms with Crippen molar-refractivity contribution in [2.75, 3.05) is 18.1 Å². The molecule has 1 aromatic carbocycles. The fraction of sp³-hybridized carbons (Fsp3) is 0.562. The van der Waals surface area contributed by atoms with Crippen LogP contribution in [-0.2, 0) is 16.4 Å². The quantitative estimate of drug-likeness (QED) is 0.384. The topological polar surface area (TPSA) is 70.6 Å². The lowest BCUT2D eigenvalue weighted by molar-refractivity contribution is 0.566. The zero-order chi connectivity index (χ0) is 16.3. The highest BCUT2D eigenvalue weighted by molar-refractivity contribution is 14.0. The molecule has 0 aromatic heterocycles. The highest BCUT2D eigenvalue weighted by Crippen LogP contribution is 2.19. The van der Waals surface area contributed by atoms with Crippen LogP contribution in [0, 0.1) is 5.92 Å². The van der Waals surface area contributed by atoms with E-state index in [9.17, 15) is 8.42 Å².